The van der Waals surface area contributed by atoms with E-state index in [9.17, 15) is 13.2 Å². The summed E-state index contributed by atoms with van der Waals surface area (Å²) in [6.07, 6.45) is 6.27. The smallest absolute Gasteiger partial charge is 0.195 e. The molecule has 0 atom stereocenters. The van der Waals surface area contributed by atoms with Crippen LogP contribution in [-0.2, 0) is 0 Å². The van der Waals surface area contributed by atoms with Crippen LogP contribution in [0.3, 0.4) is 0 Å². The molecular formula is C18H16F3N3. The van der Waals surface area contributed by atoms with E-state index in [2.05, 4.69) is 21.4 Å². The molecule has 0 aliphatic carbocycles. The van der Waals surface area contributed by atoms with Crippen molar-refractivity contribution in [2.45, 2.75) is 13.3 Å². The molecule has 3 nitrogen and oxygen atoms in total. The number of dihydropyridines is 1. The van der Waals surface area contributed by atoms with Gasteiger partial charge in [-0.2, -0.15) is 0 Å². The Hall–Kier alpha value is -2.63. The molecule has 1 N–H and O–H groups in total. The van der Waals surface area contributed by atoms with Crippen LogP contribution in [0.1, 0.15) is 12.1 Å². The minimum atomic E-state index is -1.48. The Labute approximate surface area is 138 Å². The highest BCUT2D eigenvalue weighted by Gasteiger charge is 2.15. The molecule has 0 bridgehead atoms. The number of hydrogen-bond acceptors (Lipinski definition) is 3. The van der Waals surface area contributed by atoms with Gasteiger partial charge in [-0.3, -0.25) is 9.98 Å². The lowest BCUT2D eigenvalue weighted by atomic mass is 10.1. The second-order valence-electron chi connectivity index (χ2n) is 5.54. The molecule has 0 saturated carbocycles. The molecule has 2 aromatic rings. The number of aryl methyl sites for hydroxylation is 1. The van der Waals surface area contributed by atoms with Crippen molar-refractivity contribution in [3.05, 3.63) is 59.2 Å². The van der Waals surface area contributed by atoms with Crippen LogP contribution in [0.2, 0.25) is 0 Å². The molecule has 0 fully saturated rings. The maximum absolute atomic E-state index is 14.0. The zero-order valence-electron chi connectivity index (χ0n) is 13.1. The summed E-state index contributed by atoms with van der Waals surface area (Å²) in [6, 6.07) is 3.79. The van der Waals surface area contributed by atoms with Crippen LogP contribution in [-0.4, -0.2) is 24.3 Å². The van der Waals surface area contributed by atoms with Gasteiger partial charge in [-0.05, 0) is 37.1 Å². The fourth-order valence-electron chi connectivity index (χ4n) is 2.48. The maximum atomic E-state index is 14.0. The lowest BCUT2D eigenvalue weighted by Gasteiger charge is -2.13. The number of benzene rings is 1. The summed E-state index contributed by atoms with van der Waals surface area (Å²) in [5.41, 5.74) is 2.85. The van der Waals surface area contributed by atoms with Crippen molar-refractivity contribution in [3.8, 4) is 11.1 Å². The molecule has 3 rings (SSSR count). The quantitative estimate of drug-likeness (QED) is 0.849. The lowest BCUT2D eigenvalue weighted by Crippen LogP contribution is -2.10. The van der Waals surface area contributed by atoms with Crippen LogP contribution in [0.25, 0.3) is 11.1 Å². The molecular weight excluding hydrogens is 315 g/mol. The molecule has 0 unspecified atom stereocenters. The van der Waals surface area contributed by atoms with Crippen LogP contribution in [0.15, 0.2) is 41.0 Å². The third kappa shape index (κ3) is 3.32. The molecule has 6 heteroatoms. The standard InChI is InChI=1S/C18H16F3N3/c1-11-16(24-9-12-3-2-6-22-8-12)7-13(10-23-11)14-4-5-15(19)18(21)17(14)20/h3-5,7-8,10,24H,2,6,9H2,1H3. The summed E-state index contributed by atoms with van der Waals surface area (Å²) in [7, 11) is 0. The molecule has 0 amide bonds. The molecule has 1 aromatic heterocycles. The van der Waals surface area contributed by atoms with Crippen LogP contribution >= 0.6 is 0 Å². The third-order valence-electron chi connectivity index (χ3n) is 3.84. The Morgan fingerprint density at radius 1 is 1.17 bits per heavy atom. The highest BCUT2D eigenvalue weighted by Crippen LogP contribution is 2.28. The predicted octanol–water partition coefficient (Wildman–Crippen LogP) is 4.29. The molecule has 1 aliphatic heterocycles. The topological polar surface area (TPSA) is 37.3 Å². The van der Waals surface area contributed by atoms with Crippen LogP contribution < -0.4 is 5.32 Å². The molecule has 1 aliphatic rings. The second-order valence-corrected chi connectivity index (χ2v) is 5.54. The first-order valence-corrected chi connectivity index (χ1v) is 7.59. The third-order valence-corrected chi connectivity index (χ3v) is 3.84. The van der Waals surface area contributed by atoms with E-state index in [4.69, 9.17) is 0 Å². The van der Waals surface area contributed by atoms with E-state index in [-0.39, 0.29) is 5.56 Å². The van der Waals surface area contributed by atoms with Gasteiger partial charge < -0.3 is 5.32 Å². The largest absolute Gasteiger partial charge is 0.379 e. The SMILES string of the molecule is Cc1ncc(-c2ccc(F)c(F)c2F)cc1NCC1=CCCN=C1. The van der Waals surface area contributed by atoms with Gasteiger partial charge in [-0.15, -0.1) is 0 Å². The Morgan fingerprint density at radius 2 is 2.00 bits per heavy atom. The van der Waals surface area contributed by atoms with Crippen molar-refractivity contribution < 1.29 is 13.2 Å². The van der Waals surface area contributed by atoms with E-state index in [1.54, 1.807) is 6.07 Å². The number of anilines is 1. The molecule has 1 aromatic carbocycles. The van der Waals surface area contributed by atoms with Crippen molar-refractivity contribution in [1.82, 2.24) is 4.98 Å². The zero-order valence-corrected chi connectivity index (χ0v) is 13.1. The van der Waals surface area contributed by atoms with E-state index in [1.807, 2.05) is 13.1 Å². The Bertz CT molecular complexity index is 828. The summed E-state index contributed by atoms with van der Waals surface area (Å²) < 4.78 is 40.5. The number of rotatable bonds is 4. The van der Waals surface area contributed by atoms with Gasteiger partial charge in [-0.1, -0.05) is 6.08 Å². The molecule has 24 heavy (non-hydrogen) atoms. The van der Waals surface area contributed by atoms with E-state index < -0.39 is 17.5 Å². The zero-order chi connectivity index (χ0) is 17.1. The minimum absolute atomic E-state index is 0.0251. The molecule has 0 saturated heterocycles. The van der Waals surface area contributed by atoms with Crippen LogP contribution in [0.4, 0.5) is 18.9 Å². The number of hydrogen-bond donors (Lipinski definition) is 1. The Morgan fingerprint density at radius 3 is 2.75 bits per heavy atom. The van der Waals surface area contributed by atoms with E-state index in [1.165, 1.54) is 12.3 Å². The van der Waals surface area contributed by atoms with Crippen molar-refractivity contribution in [2.24, 2.45) is 4.99 Å². The first-order valence-electron chi connectivity index (χ1n) is 7.59. The minimum Gasteiger partial charge on any atom is -0.379 e. The van der Waals surface area contributed by atoms with E-state index in [0.29, 0.717) is 17.8 Å². The summed E-state index contributed by atoms with van der Waals surface area (Å²) in [5, 5.41) is 3.23. The molecule has 124 valence electrons. The van der Waals surface area contributed by atoms with Gasteiger partial charge in [0.25, 0.3) is 0 Å². The van der Waals surface area contributed by atoms with Gasteiger partial charge >= 0.3 is 0 Å². The Kier molecular flexibility index (Phi) is 4.64. The maximum Gasteiger partial charge on any atom is 0.195 e. The summed E-state index contributed by atoms with van der Waals surface area (Å²) in [6.45, 7) is 3.18. The molecule has 0 radical (unpaired) electrons. The number of pyridine rings is 1. The van der Waals surface area contributed by atoms with Gasteiger partial charge in [0.05, 0.1) is 11.4 Å². The number of nitrogens with zero attached hydrogens (tertiary/aromatic N) is 2. The average Bonchev–Trinajstić information content (AvgIpc) is 2.60. The van der Waals surface area contributed by atoms with E-state index >= 15 is 0 Å². The van der Waals surface area contributed by atoms with Crippen molar-refractivity contribution >= 4 is 11.9 Å². The van der Waals surface area contributed by atoms with Crippen molar-refractivity contribution in [2.75, 3.05) is 18.4 Å². The highest BCUT2D eigenvalue weighted by atomic mass is 19.2. The summed E-state index contributed by atoms with van der Waals surface area (Å²) >= 11 is 0. The monoisotopic (exact) mass is 331 g/mol. The van der Waals surface area contributed by atoms with Crippen molar-refractivity contribution in [1.29, 1.82) is 0 Å². The van der Waals surface area contributed by atoms with Crippen molar-refractivity contribution in [3.63, 3.8) is 0 Å². The van der Waals surface area contributed by atoms with Gasteiger partial charge in [-0.25, -0.2) is 13.2 Å². The normalized spacial score (nSPS) is 13.8. The highest BCUT2D eigenvalue weighted by molar-refractivity contribution is 5.81. The number of nitrogens with one attached hydrogen (secondary N) is 1. The van der Waals surface area contributed by atoms with E-state index in [0.717, 1.165) is 30.3 Å². The lowest BCUT2D eigenvalue weighted by molar-refractivity contribution is 0.449. The number of aromatic nitrogens is 1. The first-order chi connectivity index (χ1) is 11.6. The molecule has 2 heterocycles. The first kappa shape index (κ1) is 16.2. The van der Waals surface area contributed by atoms with Crippen LogP contribution in [0, 0.1) is 24.4 Å². The number of aliphatic imine (C=N–C) groups is 1. The van der Waals surface area contributed by atoms with Gasteiger partial charge in [0, 0.05) is 36.6 Å². The second kappa shape index (κ2) is 6.86. The summed E-state index contributed by atoms with van der Waals surface area (Å²) in [5.74, 6) is -3.90. The van der Waals surface area contributed by atoms with Gasteiger partial charge in [0.2, 0.25) is 0 Å². The van der Waals surface area contributed by atoms with Gasteiger partial charge in [0.1, 0.15) is 0 Å². The van der Waals surface area contributed by atoms with Crippen LogP contribution in [0.5, 0.6) is 0 Å². The van der Waals surface area contributed by atoms with Gasteiger partial charge in [0.15, 0.2) is 17.5 Å². The average molecular weight is 331 g/mol. The summed E-state index contributed by atoms with van der Waals surface area (Å²) in [4.78, 5) is 8.43. The molecule has 0 spiro atoms. The number of halogens is 3. The fourth-order valence-corrected chi connectivity index (χ4v) is 2.48. The Balaban J connectivity index is 1.87. The predicted molar refractivity (Wildman–Crippen MR) is 88.8 cm³/mol. The fraction of sp³-hybridized carbons (Fsp3) is 0.222.